The standard InChI is InChI=1S/C14H15FN2O/c15-12-3-1-2-10-8-11(14(18)17-13(10)12)9-4-6-16-7-5-9/h1-3,8-9,16H,4-7H2,(H,17,18). The van der Waals surface area contributed by atoms with Crippen LogP contribution >= 0.6 is 0 Å². The highest BCUT2D eigenvalue weighted by Gasteiger charge is 2.20. The maximum atomic E-state index is 13.6. The molecule has 0 unspecified atom stereocenters. The smallest absolute Gasteiger partial charge is 0.215 e. The highest BCUT2D eigenvalue weighted by atomic mass is 19.1. The van der Waals surface area contributed by atoms with E-state index < -0.39 is 0 Å². The molecule has 2 N–H and O–H groups in total. The first-order valence-electron chi connectivity index (χ1n) is 6.24. The molecular formula is C14H15FN2O. The number of para-hydroxylation sites is 1. The van der Waals surface area contributed by atoms with Gasteiger partial charge in [-0.2, -0.15) is 0 Å². The summed E-state index contributed by atoms with van der Waals surface area (Å²) in [5.74, 6) is -0.106. The zero-order valence-electron chi connectivity index (χ0n) is 9.99. The van der Waals surface area contributed by atoms with Crippen molar-refractivity contribution in [3.05, 3.63) is 35.6 Å². The summed E-state index contributed by atoms with van der Waals surface area (Å²) in [6, 6.07) is 6.73. The molecular weight excluding hydrogens is 231 g/mol. The van der Waals surface area contributed by atoms with Crippen LogP contribution in [0.3, 0.4) is 0 Å². The zero-order valence-corrected chi connectivity index (χ0v) is 9.99. The number of nitrogens with zero attached hydrogens (tertiary/aromatic N) is 1. The quantitative estimate of drug-likeness (QED) is 0.812. The van der Waals surface area contributed by atoms with E-state index in [9.17, 15) is 9.50 Å². The number of nitrogens with one attached hydrogen (secondary N) is 1. The Labute approximate surface area is 105 Å². The normalized spacial score (nSPS) is 17.2. The Morgan fingerprint density at radius 2 is 2.06 bits per heavy atom. The monoisotopic (exact) mass is 246 g/mol. The molecule has 3 nitrogen and oxygen atoms in total. The number of halogens is 1. The van der Waals surface area contributed by atoms with Gasteiger partial charge in [-0.15, -0.1) is 0 Å². The van der Waals surface area contributed by atoms with Crippen molar-refractivity contribution in [2.75, 3.05) is 13.1 Å². The van der Waals surface area contributed by atoms with Crippen molar-refractivity contribution in [1.82, 2.24) is 10.3 Å². The topological polar surface area (TPSA) is 45.2 Å². The molecule has 94 valence electrons. The van der Waals surface area contributed by atoms with E-state index in [0.29, 0.717) is 5.92 Å². The molecule has 4 heteroatoms. The maximum absolute atomic E-state index is 13.6. The average molecular weight is 246 g/mol. The Bertz CT molecular complexity index is 579. The third-order valence-electron chi connectivity index (χ3n) is 3.58. The summed E-state index contributed by atoms with van der Waals surface area (Å²) < 4.78 is 13.6. The van der Waals surface area contributed by atoms with Crippen LogP contribution in [0.15, 0.2) is 24.3 Å². The molecule has 0 spiro atoms. The molecule has 18 heavy (non-hydrogen) atoms. The molecule has 0 aliphatic carbocycles. The first-order chi connectivity index (χ1) is 8.75. The van der Waals surface area contributed by atoms with Gasteiger partial charge in [0, 0.05) is 10.9 Å². The minimum absolute atomic E-state index is 0.0282. The molecule has 2 heterocycles. The molecule has 0 saturated carbocycles. The fraction of sp³-hybridized carbons (Fsp3) is 0.357. The Kier molecular flexibility index (Phi) is 2.88. The molecule has 3 rings (SSSR count). The first-order valence-corrected chi connectivity index (χ1v) is 6.24. The lowest BCUT2D eigenvalue weighted by atomic mass is 9.90. The highest BCUT2D eigenvalue weighted by Crippen LogP contribution is 2.33. The van der Waals surface area contributed by atoms with E-state index in [2.05, 4.69) is 10.3 Å². The number of hydrogen-bond acceptors (Lipinski definition) is 3. The van der Waals surface area contributed by atoms with Gasteiger partial charge in [-0.25, -0.2) is 9.37 Å². The molecule has 1 fully saturated rings. The van der Waals surface area contributed by atoms with Gasteiger partial charge in [0.1, 0.15) is 11.3 Å². The summed E-state index contributed by atoms with van der Waals surface area (Å²) in [5.41, 5.74) is 1.09. The number of aromatic nitrogens is 1. The van der Waals surface area contributed by atoms with Gasteiger partial charge in [-0.1, -0.05) is 12.1 Å². The summed E-state index contributed by atoms with van der Waals surface area (Å²) in [6.07, 6.45) is 1.96. The van der Waals surface area contributed by atoms with Crippen LogP contribution in [-0.2, 0) is 0 Å². The van der Waals surface area contributed by atoms with Crippen LogP contribution in [0, 0.1) is 5.82 Å². The van der Waals surface area contributed by atoms with Crippen molar-refractivity contribution >= 4 is 10.9 Å². The predicted molar refractivity (Wildman–Crippen MR) is 68.2 cm³/mol. The summed E-state index contributed by atoms with van der Waals surface area (Å²) in [6.45, 7) is 1.90. The first kappa shape index (κ1) is 11.4. The van der Waals surface area contributed by atoms with Crippen molar-refractivity contribution in [3.63, 3.8) is 0 Å². The van der Waals surface area contributed by atoms with E-state index in [1.54, 1.807) is 6.07 Å². The number of fused-ring (bicyclic) bond motifs is 1. The van der Waals surface area contributed by atoms with Gasteiger partial charge in [0.15, 0.2) is 0 Å². The van der Waals surface area contributed by atoms with E-state index in [1.165, 1.54) is 6.07 Å². The van der Waals surface area contributed by atoms with E-state index in [4.69, 9.17) is 0 Å². The molecule has 1 aliphatic heterocycles. The maximum Gasteiger partial charge on any atom is 0.215 e. The van der Waals surface area contributed by atoms with Gasteiger partial charge in [0.05, 0.1) is 0 Å². The number of pyridine rings is 1. The fourth-order valence-electron chi connectivity index (χ4n) is 2.60. The van der Waals surface area contributed by atoms with Gasteiger partial charge in [0.25, 0.3) is 0 Å². The predicted octanol–water partition coefficient (Wildman–Crippen LogP) is 2.55. The molecule has 0 bridgehead atoms. The van der Waals surface area contributed by atoms with E-state index >= 15 is 0 Å². The van der Waals surface area contributed by atoms with Crippen LogP contribution in [0.4, 0.5) is 4.39 Å². The second-order valence-electron chi connectivity index (χ2n) is 4.74. The SMILES string of the molecule is Oc1nc2c(F)cccc2cc1C1CCNCC1. The van der Waals surface area contributed by atoms with Gasteiger partial charge in [-0.05, 0) is 44.0 Å². The number of rotatable bonds is 1. The van der Waals surface area contributed by atoms with E-state index in [-0.39, 0.29) is 17.2 Å². The number of hydrogen-bond donors (Lipinski definition) is 2. The molecule has 0 atom stereocenters. The summed E-state index contributed by atoms with van der Waals surface area (Å²) in [5, 5.41) is 14.0. The third kappa shape index (κ3) is 1.93. The molecule has 2 aromatic rings. The van der Waals surface area contributed by atoms with Gasteiger partial charge >= 0.3 is 0 Å². The van der Waals surface area contributed by atoms with Crippen molar-refractivity contribution in [2.24, 2.45) is 0 Å². The van der Waals surface area contributed by atoms with Crippen molar-refractivity contribution in [2.45, 2.75) is 18.8 Å². The van der Waals surface area contributed by atoms with Crippen LogP contribution in [-0.4, -0.2) is 23.2 Å². The van der Waals surface area contributed by atoms with E-state index in [0.717, 1.165) is 36.9 Å². The number of piperidine rings is 1. The lowest BCUT2D eigenvalue weighted by Crippen LogP contribution is -2.26. The number of benzene rings is 1. The van der Waals surface area contributed by atoms with Crippen molar-refractivity contribution < 1.29 is 9.50 Å². The van der Waals surface area contributed by atoms with Gasteiger partial charge in [0.2, 0.25) is 5.88 Å². The largest absolute Gasteiger partial charge is 0.493 e. The zero-order chi connectivity index (χ0) is 12.5. The Morgan fingerprint density at radius 1 is 1.28 bits per heavy atom. The van der Waals surface area contributed by atoms with Crippen LogP contribution < -0.4 is 5.32 Å². The number of aromatic hydroxyl groups is 1. The average Bonchev–Trinajstić information content (AvgIpc) is 2.40. The Morgan fingerprint density at radius 3 is 2.83 bits per heavy atom. The summed E-state index contributed by atoms with van der Waals surface area (Å²) in [7, 11) is 0. The van der Waals surface area contributed by atoms with E-state index in [1.807, 2.05) is 12.1 Å². The van der Waals surface area contributed by atoms with Gasteiger partial charge < -0.3 is 10.4 Å². The van der Waals surface area contributed by atoms with Crippen LogP contribution in [0.1, 0.15) is 24.3 Å². The fourth-order valence-corrected chi connectivity index (χ4v) is 2.60. The minimum atomic E-state index is -0.389. The Hall–Kier alpha value is -1.68. The lowest BCUT2D eigenvalue weighted by Gasteiger charge is -2.23. The Balaban J connectivity index is 2.09. The molecule has 0 amide bonds. The summed E-state index contributed by atoms with van der Waals surface area (Å²) in [4.78, 5) is 4.01. The third-order valence-corrected chi connectivity index (χ3v) is 3.58. The highest BCUT2D eigenvalue weighted by molar-refractivity contribution is 5.80. The second kappa shape index (κ2) is 4.53. The van der Waals surface area contributed by atoms with Crippen LogP contribution in [0.2, 0.25) is 0 Å². The second-order valence-corrected chi connectivity index (χ2v) is 4.74. The molecule has 1 saturated heterocycles. The van der Waals surface area contributed by atoms with Crippen molar-refractivity contribution in [3.8, 4) is 5.88 Å². The molecule has 1 aromatic heterocycles. The molecule has 1 aliphatic rings. The van der Waals surface area contributed by atoms with Crippen LogP contribution in [0.25, 0.3) is 10.9 Å². The molecule has 1 aromatic carbocycles. The van der Waals surface area contributed by atoms with Gasteiger partial charge in [-0.3, -0.25) is 0 Å². The molecule has 0 radical (unpaired) electrons. The van der Waals surface area contributed by atoms with Crippen molar-refractivity contribution in [1.29, 1.82) is 0 Å². The summed E-state index contributed by atoms with van der Waals surface area (Å²) >= 11 is 0. The minimum Gasteiger partial charge on any atom is -0.493 e. The lowest BCUT2D eigenvalue weighted by molar-refractivity contribution is 0.413. The van der Waals surface area contributed by atoms with Crippen LogP contribution in [0.5, 0.6) is 5.88 Å².